The van der Waals surface area contributed by atoms with Crippen molar-refractivity contribution in [2.75, 3.05) is 5.32 Å². The summed E-state index contributed by atoms with van der Waals surface area (Å²) >= 11 is 0. The predicted molar refractivity (Wildman–Crippen MR) is 124 cm³/mol. The van der Waals surface area contributed by atoms with Crippen molar-refractivity contribution in [3.63, 3.8) is 0 Å². The predicted octanol–water partition coefficient (Wildman–Crippen LogP) is 6.59. The van der Waals surface area contributed by atoms with E-state index in [1.54, 1.807) is 30.3 Å². The monoisotopic (exact) mass is 423 g/mol. The minimum absolute atomic E-state index is 0.0891. The van der Waals surface area contributed by atoms with Gasteiger partial charge in [0.25, 0.3) is 5.91 Å². The zero-order valence-electron chi connectivity index (χ0n) is 18.0. The van der Waals surface area contributed by atoms with Crippen LogP contribution in [0.2, 0.25) is 0 Å². The molecule has 2 heterocycles. The smallest absolute Gasteiger partial charge is 0.291 e. The maximum Gasteiger partial charge on any atom is 0.291 e. The van der Waals surface area contributed by atoms with Gasteiger partial charge in [-0.1, -0.05) is 42.5 Å². The van der Waals surface area contributed by atoms with Crippen LogP contribution in [0.25, 0.3) is 21.9 Å². The van der Waals surface area contributed by atoms with E-state index in [1.807, 2.05) is 57.2 Å². The first-order chi connectivity index (χ1) is 15.4. The Labute approximate surface area is 184 Å². The Morgan fingerprint density at radius 3 is 2.16 bits per heavy atom. The highest BCUT2D eigenvalue weighted by atomic mass is 16.4. The first kappa shape index (κ1) is 19.8. The van der Waals surface area contributed by atoms with Crippen LogP contribution in [0.1, 0.15) is 43.4 Å². The number of fused-ring (bicyclic) bond motifs is 2. The quantitative estimate of drug-likeness (QED) is 0.331. The standard InChI is InChI=1S/C27H21NO4/c1-15-13-20-17(3)25(32-22(20)14-16(15)2)27(30)28-23-19-11-7-8-12-21(19)31-26(23)24(29)18-9-5-4-6-10-18/h4-14H,1-3H3,(H,28,30). The second-order valence-corrected chi connectivity index (χ2v) is 7.94. The van der Waals surface area contributed by atoms with Gasteiger partial charge in [-0.25, -0.2) is 0 Å². The van der Waals surface area contributed by atoms with Gasteiger partial charge in [-0.05, 0) is 56.2 Å². The van der Waals surface area contributed by atoms with Crippen LogP contribution >= 0.6 is 0 Å². The van der Waals surface area contributed by atoms with E-state index < -0.39 is 5.91 Å². The van der Waals surface area contributed by atoms with Crippen LogP contribution in [0.3, 0.4) is 0 Å². The van der Waals surface area contributed by atoms with Crippen LogP contribution in [0.4, 0.5) is 5.69 Å². The Bertz CT molecular complexity index is 1510. The summed E-state index contributed by atoms with van der Waals surface area (Å²) in [6, 6.07) is 20.1. The van der Waals surface area contributed by atoms with Gasteiger partial charge in [0.1, 0.15) is 11.2 Å². The molecule has 2 aromatic heterocycles. The summed E-state index contributed by atoms with van der Waals surface area (Å²) in [6.07, 6.45) is 0. The number of furan rings is 2. The van der Waals surface area contributed by atoms with E-state index in [4.69, 9.17) is 8.83 Å². The van der Waals surface area contributed by atoms with E-state index >= 15 is 0 Å². The number of anilines is 1. The van der Waals surface area contributed by atoms with E-state index in [1.165, 1.54) is 0 Å². The summed E-state index contributed by atoms with van der Waals surface area (Å²) in [6.45, 7) is 5.89. The average molecular weight is 423 g/mol. The number of benzene rings is 3. The van der Waals surface area contributed by atoms with Gasteiger partial charge in [0.15, 0.2) is 11.5 Å². The fraction of sp³-hybridized carbons (Fsp3) is 0.111. The lowest BCUT2D eigenvalue weighted by molar-refractivity contribution is 0.0997. The van der Waals surface area contributed by atoms with Crippen LogP contribution in [0.5, 0.6) is 0 Å². The molecule has 0 saturated heterocycles. The lowest BCUT2D eigenvalue weighted by Gasteiger charge is -2.05. The number of nitrogens with one attached hydrogen (secondary N) is 1. The SMILES string of the molecule is Cc1cc2oc(C(=O)Nc3c(C(=O)c4ccccc4)oc4ccccc34)c(C)c2cc1C. The fourth-order valence-electron chi connectivity index (χ4n) is 3.91. The van der Waals surface area contributed by atoms with Crippen molar-refractivity contribution < 1.29 is 18.4 Å². The molecule has 5 heteroatoms. The molecule has 0 aliphatic carbocycles. The Kier molecular flexibility index (Phi) is 4.67. The van der Waals surface area contributed by atoms with Crippen molar-refractivity contribution in [1.82, 2.24) is 0 Å². The average Bonchev–Trinajstić information content (AvgIpc) is 3.32. The molecular formula is C27H21NO4. The third-order valence-electron chi connectivity index (χ3n) is 5.83. The van der Waals surface area contributed by atoms with Gasteiger partial charge in [-0.15, -0.1) is 0 Å². The molecule has 0 bridgehead atoms. The van der Waals surface area contributed by atoms with E-state index in [2.05, 4.69) is 5.32 Å². The first-order valence-corrected chi connectivity index (χ1v) is 10.4. The van der Waals surface area contributed by atoms with Gasteiger partial charge in [-0.3, -0.25) is 9.59 Å². The van der Waals surface area contributed by atoms with E-state index in [0.717, 1.165) is 22.1 Å². The number of ketones is 1. The van der Waals surface area contributed by atoms with Crippen LogP contribution in [-0.2, 0) is 0 Å². The molecule has 5 aromatic rings. The molecule has 158 valence electrons. The number of hydrogen-bond donors (Lipinski definition) is 1. The number of hydrogen-bond acceptors (Lipinski definition) is 4. The normalized spacial score (nSPS) is 11.2. The van der Waals surface area contributed by atoms with Crippen molar-refractivity contribution in [3.05, 3.63) is 101 Å². The van der Waals surface area contributed by atoms with Crippen LogP contribution in [0, 0.1) is 20.8 Å². The number of carbonyl (C=O) groups excluding carboxylic acids is 2. The van der Waals surface area contributed by atoms with E-state index in [-0.39, 0.29) is 17.3 Å². The van der Waals surface area contributed by atoms with Crippen LogP contribution in [-0.4, -0.2) is 11.7 Å². The van der Waals surface area contributed by atoms with Crippen molar-refractivity contribution in [1.29, 1.82) is 0 Å². The van der Waals surface area contributed by atoms with Crippen LogP contribution < -0.4 is 5.32 Å². The van der Waals surface area contributed by atoms with Gasteiger partial charge in [0.2, 0.25) is 5.78 Å². The molecule has 1 amide bonds. The van der Waals surface area contributed by atoms with Crippen LogP contribution in [0.15, 0.2) is 75.6 Å². The molecule has 0 radical (unpaired) electrons. The van der Waals surface area contributed by atoms with Crippen molar-refractivity contribution >= 4 is 39.3 Å². The first-order valence-electron chi connectivity index (χ1n) is 10.4. The zero-order chi connectivity index (χ0) is 22.4. The highest BCUT2D eigenvalue weighted by Gasteiger charge is 2.26. The molecule has 0 atom stereocenters. The zero-order valence-corrected chi connectivity index (χ0v) is 18.0. The summed E-state index contributed by atoms with van der Waals surface area (Å²) < 4.78 is 11.8. The Morgan fingerprint density at radius 2 is 1.38 bits per heavy atom. The molecular weight excluding hydrogens is 402 g/mol. The lowest BCUT2D eigenvalue weighted by atomic mass is 10.0. The highest BCUT2D eigenvalue weighted by Crippen LogP contribution is 2.34. The molecule has 0 spiro atoms. The topological polar surface area (TPSA) is 72.5 Å². The molecule has 32 heavy (non-hydrogen) atoms. The molecule has 5 rings (SSSR count). The molecule has 1 N–H and O–H groups in total. The minimum Gasteiger partial charge on any atom is -0.451 e. The minimum atomic E-state index is -0.428. The molecule has 3 aromatic carbocycles. The molecule has 5 nitrogen and oxygen atoms in total. The fourth-order valence-corrected chi connectivity index (χ4v) is 3.91. The highest BCUT2D eigenvalue weighted by molar-refractivity contribution is 6.19. The Balaban J connectivity index is 1.60. The Hall–Kier alpha value is -4.12. The number of aryl methyl sites for hydroxylation is 3. The molecule has 0 saturated carbocycles. The molecule has 0 aliphatic rings. The third-order valence-corrected chi connectivity index (χ3v) is 5.83. The van der Waals surface area contributed by atoms with Crippen molar-refractivity contribution in [3.8, 4) is 0 Å². The molecule has 0 fully saturated rings. The van der Waals surface area contributed by atoms with Crippen molar-refractivity contribution in [2.24, 2.45) is 0 Å². The number of para-hydroxylation sites is 1. The Morgan fingerprint density at radius 1 is 0.719 bits per heavy atom. The maximum absolute atomic E-state index is 13.3. The largest absolute Gasteiger partial charge is 0.451 e. The van der Waals surface area contributed by atoms with Gasteiger partial charge in [0, 0.05) is 21.9 Å². The number of carbonyl (C=O) groups is 2. The lowest BCUT2D eigenvalue weighted by Crippen LogP contribution is -2.14. The third kappa shape index (κ3) is 3.19. The second kappa shape index (κ2) is 7.54. The molecule has 0 unspecified atom stereocenters. The number of amides is 1. The van der Waals surface area contributed by atoms with E-state index in [9.17, 15) is 9.59 Å². The summed E-state index contributed by atoms with van der Waals surface area (Å²) in [5.41, 5.74) is 4.98. The van der Waals surface area contributed by atoms with Gasteiger partial charge in [-0.2, -0.15) is 0 Å². The molecule has 0 aliphatic heterocycles. The summed E-state index contributed by atoms with van der Waals surface area (Å²) in [7, 11) is 0. The van der Waals surface area contributed by atoms with Gasteiger partial charge >= 0.3 is 0 Å². The maximum atomic E-state index is 13.3. The van der Waals surface area contributed by atoms with Gasteiger partial charge in [0.05, 0.1) is 5.69 Å². The second-order valence-electron chi connectivity index (χ2n) is 7.94. The van der Waals surface area contributed by atoms with Crippen molar-refractivity contribution in [2.45, 2.75) is 20.8 Å². The number of rotatable bonds is 4. The summed E-state index contributed by atoms with van der Waals surface area (Å²) in [5.74, 6) is -0.424. The van der Waals surface area contributed by atoms with E-state index in [0.29, 0.717) is 27.8 Å². The summed E-state index contributed by atoms with van der Waals surface area (Å²) in [4.78, 5) is 26.4. The van der Waals surface area contributed by atoms with Gasteiger partial charge < -0.3 is 14.2 Å². The summed E-state index contributed by atoms with van der Waals surface area (Å²) in [5, 5.41) is 4.44.